The van der Waals surface area contributed by atoms with Gasteiger partial charge in [-0.25, -0.2) is 0 Å². The fourth-order valence-electron chi connectivity index (χ4n) is 1.05. The van der Waals surface area contributed by atoms with E-state index in [1.54, 1.807) is 0 Å². The van der Waals surface area contributed by atoms with Gasteiger partial charge in [-0.2, -0.15) is 0 Å². The molecule has 0 aliphatic rings. The van der Waals surface area contributed by atoms with Gasteiger partial charge in [0.25, 0.3) is 0 Å². The Morgan fingerprint density at radius 1 is 1.31 bits per heavy atom. The van der Waals surface area contributed by atoms with Gasteiger partial charge in [-0.05, 0) is 37.3 Å². The van der Waals surface area contributed by atoms with Crippen molar-refractivity contribution in [2.24, 2.45) is 0 Å². The molecule has 0 saturated carbocycles. The molecule has 1 rings (SSSR count). The van der Waals surface area contributed by atoms with E-state index >= 15 is 0 Å². The van der Waals surface area contributed by atoms with E-state index in [0.29, 0.717) is 0 Å². The topological polar surface area (TPSA) is 9.23 Å². The molecule has 0 heterocycles. The van der Waals surface area contributed by atoms with E-state index in [4.69, 9.17) is 4.43 Å². The lowest BCUT2D eigenvalue weighted by molar-refractivity contribution is 0.557. The van der Waals surface area contributed by atoms with E-state index in [9.17, 15) is 0 Å². The fraction of sp³-hybridized carbons (Fsp3) is 0.400. The zero-order valence-corrected chi connectivity index (χ0v) is 10.9. The summed E-state index contributed by atoms with van der Waals surface area (Å²) in [4.78, 5) is 0. The highest BCUT2D eigenvalue weighted by molar-refractivity contribution is 9.08. The lowest BCUT2D eigenvalue weighted by Gasteiger charge is -2.19. The van der Waals surface area contributed by atoms with Crippen LogP contribution < -0.4 is 4.43 Å². The summed E-state index contributed by atoms with van der Waals surface area (Å²) in [7, 11) is -1.45. The summed E-state index contributed by atoms with van der Waals surface area (Å²) in [6.45, 7) is 6.56. The molecule has 0 amide bonds. The average molecular weight is 259 g/mol. The summed E-state index contributed by atoms with van der Waals surface area (Å²) >= 11 is 3.43. The number of hydrogen-bond acceptors (Lipinski definition) is 1. The van der Waals surface area contributed by atoms with Gasteiger partial charge in [0.15, 0.2) is 0 Å². The molecular formula is C10H15BrOSi. The molecule has 1 nitrogen and oxygen atoms in total. The van der Waals surface area contributed by atoms with Crippen molar-refractivity contribution < 1.29 is 4.43 Å². The summed E-state index contributed by atoms with van der Waals surface area (Å²) in [5.41, 5.74) is 1.26. The standard InChI is InChI=1S/C10H15BrOSi/c1-13(2,3)12-10-6-4-5-9(7-10)8-11/h4-7H,8H2,1-3H3. The molecule has 72 valence electrons. The second-order valence-electron chi connectivity index (χ2n) is 4.00. The molecule has 0 fully saturated rings. The van der Waals surface area contributed by atoms with Crippen LogP contribution in [0.15, 0.2) is 24.3 Å². The van der Waals surface area contributed by atoms with Crippen LogP contribution in [0.5, 0.6) is 5.75 Å². The van der Waals surface area contributed by atoms with E-state index in [2.05, 4.69) is 47.7 Å². The van der Waals surface area contributed by atoms with Crippen molar-refractivity contribution in [3.05, 3.63) is 29.8 Å². The molecule has 0 saturated heterocycles. The predicted octanol–water partition coefficient (Wildman–Crippen LogP) is 3.80. The number of halogens is 1. The second-order valence-corrected chi connectivity index (χ2v) is 8.99. The van der Waals surface area contributed by atoms with Crippen LogP contribution in [0.3, 0.4) is 0 Å². The Kier molecular flexibility index (Phi) is 3.56. The molecule has 0 unspecified atom stereocenters. The van der Waals surface area contributed by atoms with E-state index in [1.165, 1.54) is 5.56 Å². The average Bonchev–Trinajstić information content (AvgIpc) is 2.01. The SMILES string of the molecule is C[Si](C)(C)Oc1cccc(CBr)c1. The van der Waals surface area contributed by atoms with Gasteiger partial charge in [-0.15, -0.1) is 0 Å². The summed E-state index contributed by atoms with van der Waals surface area (Å²) in [5.74, 6) is 0.996. The Morgan fingerprint density at radius 2 is 2.00 bits per heavy atom. The van der Waals surface area contributed by atoms with Gasteiger partial charge in [-0.3, -0.25) is 0 Å². The van der Waals surface area contributed by atoms with E-state index in [0.717, 1.165) is 11.1 Å². The number of hydrogen-bond donors (Lipinski definition) is 0. The third-order valence-corrected chi connectivity index (χ3v) is 2.97. The molecule has 0 N–H and O–H groups in total. The number of benzene rings is 1. The quantitative estimate of drug-likeness (QED) is 0.592. The molecule has 0 atom stereocenters. The van der Waals surface area contributed by atoms with Crippen molar-refractivity contribution in [1.29, 1.82) is 0 Å². The van der Waals surface area contributed by atoms with Gasteiger partial charge in [0.1, 0.15) is 5.75 Å². The highest BCUT2D eigenvalue weighted by Gasteiger charge is 2.15. The Balaban J connectivity index is 2.78. The first-order chi connectivity index (χ1) is 6.01. The largest absolute Gasteiger partial charge is 0.544 e. The normalized spacial score (nSPS) is 11.4. The van der Waals surface area contributed by atoms with Crippen LogP contribution in [0.1, 0.15) is 5.56 Å². The van der Waals surface area contributed by atoms with Crippen molar-refractivity contribution in [2.45, 2.75) is 25.0 Å². The lowest BCUT2D eigenvalue weighted by Crippen LogP contribution is -2.29. The Bertz CT molecular complexity index is 280. The highest BCUT2D eigenvalue weighted by Crippen LogP contribution is 2.18. The van der Waals surface area contributed by atoms with Crippen LogP contribution in [0.2, 0.25) is 19.6 Å². The minimum atomic E-state index is -1.45. The van der Waals surface area contributed by atoms with E-state index < -0.39 is 8.32 Å². The minimum absolute atomic E-state index is 0.885. The van der Waals surface area contributed by atoms with Gasteiger partial charge in [0.05, 0.1) is 0 Å². The van der Waals surface area contributed by atoms with E-state index in [-0.39, 0.29) is 0 Å². The van der Waals surface area contributed by atoms with Crippen molar-refractivity contribution in [2.75, 3.05) is 0 Å². The van der Waals surface area contributed by atoms with Crippen LogP contribution in [-0.2, 0) is 5.33 Å². The molecule has 0 aliphatic heterocycles. The Labute approximate surface area is 89.4 Å². The molecule has 1 aromatic carbocycles. The van der Waals surface area contributed by atoms with Crippen LogP contribution in [0.4, 0.5) is 0 Å². The smallest absolute Gasteiger partial charge is 0.242 e. The Hall–Kier alpha value is -0.283. The van der Waals surface area contributed by atoms with Crippen molar-refractivity contribution in [3.8, 4) is 5.75 Å². The van der Waals surface area contributed by atoms with Gasteiger partial charge in [0.2, 0.25) is 8.32 Å². The maximum atomic E-state index is 5.86. The number of alkyl halides is 1. The molecule has 1 aromatic rings. The van der Waals surface area contributed by atoms with Gasteiger partial charge >= 0.3 is 0 Å². The van der Waals surface area contributed by atoms with Crippen molar-refractivity contribution >= 4 is 24.2 Å². The minimum Gasteiger partial charge on any atom is -0.544 e. The van der Waals surface area contributed by atoms with Crippen LogP contribution in [-0.4, -0.2) is 8.32 Å². The first-order valence-corrected chi connectivity index (χ1v) is 8.88. The van der Waals surface area contributed by atoms with Gasteiger partial charge in [-0.1, -0.05) is 28.1 Å². The molecule has 13 heavy (non-hydrogen) atoms. The fourth-order valence-corrected chi connectivity index (χ4v) is 2.23. The third-order valence-electron chi connectivity index (χ3n) is 1.48. The summed E-state index contributed by atoms with van der Waals surface area (Å²) in [5, 5.41) is 0.885. The van der Waals surface area contributed by atoms with Gasteiger partial charge < -0.3 is 4.43 Å². The third kappa shape index (κ3) is 3.96. The molecule has 0 radical (unpaired) electrons. The summed E-state index contributed by atoms with van der Waals surface area (Å²) in [6, 6.07) is 8.23. The van der Waals surface area contributed by atoms with Crippen LogP contribution >= 0.6 is 15.9 Å². The second kappa shape index (κ2) is 4.29. The first-order valence-electron chi connectivity index (χ1n) is 4.35. The molecule has 0 aromatic heterocycles. The zero-order valence-electron chi connectivity index (χ0n) is 8.30. The summed E-state index contributed by atoms with van der Waals surface area (Å²) in [6.07, 6.45) is 0. The summed E-state index contributed by atoms with van der Waals surface area (Å²) < 4.78 is 5.86. The molecular weight excluding hydrogens is 244 g/mol. The monoisotopic (exact) mass is 258 g/mol. The zero-order chi connectivity index (χ0) is 9.90. The lowest BCUT2D eigenvalue weighted by atomic mass is 10.2. The van der Waals surface area contributed by atoms with Crippen LogP contribution in [0.25, 0.3) is 0 Å². The van der Waals surface area contributed by atoms with E-state index in [1.807, 2.05) is 12.1 Å². The first kappa shape index (κ1) is 10.8. The van der Waals surface area contributed by atoms with Crippen molar-refractivity contribution in [1.82, 2.24) is 0 Å². The molecule has 0 bridgehead atoms. The highest BCUT2D eigenvalue weighted by atomic mass is 79.9. The molecule has 3 heteroatoms. The predicted molar refractivity (Wildman–Crippen MR) is 63.0 cm³/mol. The van der Waals surface area contributed by atoms with Crippen molar-refractivity contribution in [3.63, 3.8) is 0 Å². The Morgan fingerprint density at radius 3 is 2.54 bits per heavy atom. The number of rotatable bonds is 3. The molecule has 0 aliphatic carbocycles. The van der Waals surface area contributed by atoms with Gasteiger partial charge in [0, 0.05) is 5.33 Å². The maximum Gasteiger partial charge on any atom is 0.242 e. The maximum absolute atomic E-state index is 5.86. The molecule has 0 spiro atoms. The van der Waals surface area contributed by atoms with Crippen LogP contribution in [0, 0.1) is 0 Å².